The summed E-state index contributed by atoms with van der Waals surface area (Å²) in [6.45, 7) is 4.67. The van der Waals surface area contributed by atoms with Crippen LogP contribution < -0.4 is 9.47 Å². The molecule has 1 saturated carbocycles. The van der Waals surface area contributed by atoms with Crippen LogP contribution >= 0.6 is 11.6 Å². The van der Waals surface area contributed by atoms with Crippen LogP contribution in [0.15, 0.2) is 145 Å². The number of amides is 1. The number of hydrogen-bond donors (Lipinski definition) is 2. The maximum Gasteiger partial charge on any atom is 0.410 e. The number of fused-ring (bicyclic) bond motifs is 3. The minimum atomic E-state index is -1.52. The highest BCUT2D eigenvalue weighted by molar-refractivity contribution is 6.18. The number of oxime groups is 1. The lowest BCUT2D eigenvalue weighted by Crippen LogP contribution is -2.70. The SMILES string of the molecule is C=CCO[C@@]12Oc3ccc(Oc4cccc(C=O)c4)cc3[C@H]3[C@H](CCCCO)[C@@H](CCCCO)C=C(C(=NOCc4ccccc4)C[C@@H]1N(Cc1cccc4ccccc14)C(=O)OCCCl)[C@H]32. The first kappa shape index (κ1) is 47.5. The molecule has 2 N–H and O–H groups in total. The van der Waals surface area contributed by atoms with Gasteiger partial charge >= 0.3 is 6.09 Å². The number of aldehydes is 1. The Morgan fingerprint density at radius 2 is 1.66 bits per heavy atom. The molecule has 1 heterocycles. The third-order valence-electron chi connectivity index (χ3n) is 13.3. The maximum atomic E-state index is 14.9. The number of alkyl halides is 1. The molecule has 0 saturated heterocycles. The second-order valence-electron chi connectivity index (χ2n) is 17.4. The van der Waals surface area contributed by atoms with Crippen LogP contribution in [-0.2, 0) is 27.5 Å². The summed E-state index contributed by atoms with van der Waals surface area (Å²) < 4.78 is 27.1. The molecule has 8 rings (SSSR count). The van der Waals surface area contributed by atoms with Crippen molar-refractivity contribution in [1.29, 1.82) is 0 Å². The van der Waals surface area contributed by atoms with Crippen molar-refractivity contribution in [1.82, 2.24) is 4.90 Å². The number of aliphatic hydroxyl groups is 2. The Hall–Kier alpha value is -5.98. The number of nitrogens with zero attached hydrogens (tertiary/aromatic N) is 2. The van der Waals surface area contributed by atoms with Gasteiger partial charge in [-0.05, 0) is 95.3 Å². The van der Waals surface area contributed by atoms with E-state index in [0.717, 1.165) is 65.0 Å². The van der Waals surface area contributed by atoms with Crippen molar-refractivity contribution < 1.29 is 43.6 Å². The molecular formula is C55H59ClN2O9. The summed E-state index contributed by atoms with van der Waals surface area (Å²) in [4.78, 5) is 34.6. The quantitative estimate of drug-likeness (QED) is 0.0228. The molecule has 67 heavy (non-hydrogen) atoms. The van der Waals surface area contributed by atoms with Crippen LogP contribution in [0.1, 0.15) is 77.9 Å². The maximum absolute atomic E-state index is 14.9. The number of allylic oxidation sites excluding steroid dienone is 1. The number of halogens is 1. The van der Waals surface area contributed by atoms with Crippen molar-refractivity contribution in [3.63, 3.8) is 0 Å². The number of benzene rings is 5. The minimum Gasteiger partial charge on any atom is -0.459 e. The van der Waals surface area contributed by atoms with E-state index in [0.29, 0.717) is 41.4 Å². The average molecular weight is 928 g/mol. The number of ether oxygens (including phenoxy) is 4. The van der Waals surface area contributed by atoms with Crippen LogP contribution in [0.25, 0.3) is 10.8 Å². The van der Waals surface area contributed by atoms with Crippen LogP contribution in [0, 0.1) is 17.8 Å². The molecule has 0 unspecified atom stereocenters. The Morgan fingerprint density at radius 1 is 0.896 bits per heavy atom. The zero-order chi connectivity index (χ0) is 46.6. The Labute approximate surface area is 397 Å². The lowest BCUT2D eigenvalue weighted by molar-refractivity contribution is -0.256. The zero-order valence-corrected chi connectivity index (χ0v) is 38.5. The summed E-state index contributed by atoms with van der Waals surface area (Å²) in [6, 6.07) is 35.9. The Kier molecular flexibility index (Phi) is 16.1. The summed E-state index contributed by atoms with van der Waals surface area (Å²) in [6.07, 6.45) is 8.79. The fraction of sp³-hybridized carbons (Fsp3) is 0.364. The van der Waals surface area contributed by atoms with Gasteiger partial charge < -0.3 is 34.0 Å². The molecule has 5 aromatic carbocycles. The number of carbonyl (C=O) groups is 2. The average Bonchev–Trinajstić information content (AvgIpc) is 3.36. The van der Waals surface area contributed by atoms with E-state index in [9.17, 15) is 19.8 Å². The third-order valence-corrected chi connectivity index (χ3v) is 13.4. The number of carbonyl (C=O) groups excluding carboxylic acids is 2. The fourth-order valence-electron chi connectivity index (χ4n) is 10.4. The van der Waals surface area contributed by atoms with E-state index in [2.05, 4.69) is 30.9 Å². The van der Waals surface area contributed by atoms with Gasteiger partial charge in [-0.15, -0.1) is 18.2 Å². The first-order chi connectivity index (χ1) is 32.9. The van der Waals surface area contributed by atoms with Gasteiger partial charge in [0.1, 0.15) is 42.8 Å². The first-order valence-corrected chi connectivity index (χ1v) is 23.9. The monoisotopic (exact) mass is 926 g/mol. The van der Waals surface area contributed by atoms with Crippen molar-refractivity contribution in [2.24, 2.45) is 22.9 Å². The molecule has 0 radical (unpaired) electrons. The van der Waals surface area contributed by atoms with Gasteiger partial charge in [-0.1, -0.05) is 115 Å². The van der Waals surface area contributed by atoms with Crippen molar-refractivity contribution >= 4 is 40.5 Å². The van der Waals surface area contributed by atoms with Crippen molar-refractivity contribution in [2.45, 2.75) is 75.8 Å². The number of hydrogen-bond acceptors (Lipinski definition) is 10. The smallest absolute Gasteiger partial charge is 0.410 e. The molecule has 3 aliphatic rings. The topological polar surface area (TPSA) is 136 Å². The highest BCUT2D eigenvalue weighted by atomic mass is 35.5. The molecule has 0 spiro atoms. The molecule has 1 fully saturated rings. The second-order valence-corrected chi connectivity index (χ2v) is 17.8. The summed E-state index contributed by atoms with van der Waals surface area (Å²) in [5.74, 6) is -0.614. The van der Waals surface area contributed by atoms with Crippen molar-refractivity contribution in [2.75, 3.05) is 32.3 Å². The summed E-state index contributed by atoms with van der Waals surface area (Å²) in [5.41, 5.74) is 4.81. The van der Waals surface area contributed by atoms with Gasteiger partial charge in [0.25, 0.3) is 0 Å². The van der Waals surface area contributed by atoms with E-state index < -0.39 is 23.8 Å². The summed E-state index contributed by atoms with van der Waals surface area (Å²) in [5, 5.41) is 27.1. The summed E-state index contributed by atoms with van der Waals surface area (Å²) >= 11 is 6.18. The van der Waals surface area contributed by atoms with Gasteiger partial charge in [0, 0.05) is 36.7 Å². The molecule has 1 amide bonds. The highest BCUT2D eigenvalue weighted by Crippen LogP contribution is 2.62. The van der Waals surface area contributed by atoms with Crippen LogP contribution in [0.5, 0.6) is 17.2 Å². The zero-order valence-electron chi connectivity index (χ0n) is 37.7. The van der Waals surface area contributed by atoms with Crippen LogP contribution in [0.3, 0.4) is 0 Å². The van der Waals surface area contributed by atoms with Gasteiger partial charge in [0.2, 0.25) is 5.79 Å². The standard InChI is InChI=1S/C55H59ClN2O9/c1-2-29-64-55-51(58(54(62)63-30-26-56)35-42-20-13-19-40-17-6-7-22-45(40)42)34-49(57-65-37-38-14-4-3-5-15-38)47-32-41(18-8-10-27-59)46(23-9-11-28-60)52(53(47)55)48-33-44(24-25-50(48)67-55)66-43-21-12-16-39(31-43)36-61/h2-7,12-17,19-22,24-25,31-33,36,41,46,51-53,59-60H,1,8-11,18,23,26-30,34-35,37H2/t41-,46+,51-,52+,53+,55+/m0/s1. The fourth-order valence-corrected chi connectivity index (χ4v) is 10.5. The first-order valence-electron chi connectivity index (χ1n) is 23.3. The van der Waals surface area contributed by atoms with E-state index in [4.69, 9.17) is 40.5 Å². The molecule has 11 nitrogen and oxygen atoms in total. The van der Waals surface area contributed by atoms with E-state index in [-0.39, 0.29) is 69.6 Å². The molecular weight excluding hydrogens is 868 g/mol. The molecule has 0 aromatic heterocycles. The van der Waals surface area contributed by atoms with E-state index >= 15 is 0 Å². The normalized spacial score (nSPS) is 22.2. The number of aliphatic hydroxyl groups excluding tert-OH is 2. The number of unbranched alkanes of at least 4 members (excludes halogenated alkanes) is 2. The summed E-state index contributed by atoms with van der Waals surface area (Å²) in [7, 11) is 0. The molecule has 6 atom stereocenters. The van der Waals surface area contributed by atoms with E-state index in [1.807, 2.05) is 78.9 Å². The molecule has 1 aliphatic heterocycles. The van der Waals surface area contributed by atoms with Crippen LogP contribution in [0.2, 0.25) is 0 Å². The highest BCUT2D eigenvalue weighted by Gasteiger charge is 2.65. The van der Waals surface area contributed by atoms with Crippen molar-refractivity contribution in [3.05, 3.63) is 162 Å². The van der Waals surface area contributed by atoms with Crippen LogP contribution in [-0.4, -0.2) is 77.3 Å². The lowest BCUT2D eigenvalue weighted by Gasteiger charge is -2.59. The van der Waals surface area contributed by atoms with Gasteiger partial charge in [0.05, 0.1) is 30.7 Å². The Balaban J connectivity index is 1.35. The van der Waals surface area contributed by atoms with Gasteiger partial charge in [-0.25, -0.2) is 4.79 Å². The molecule has 0 bridgehead atoms. The number of rotatable bonds is 22. The van der Waals surface area contributed by atoms with Crippen LogP contribution in [0.4, 0.5) is 4.79 Å². The molecule has 2 aliphatic carbocycles. The van der Waals surface area contributed by atoms with E-state index in [1.54, 1.807) is 29.2 Å². The van der Waals surface area contributed by atoms with Gasteiger partial charge in [-0.3, -0.25) is 9.69 Å². The Morgan fingerprint density at radius 3 is 2.45 bits per heavy atom. The predicted molar refractivity (Wildman–Crippen MR) is 260 cm³/mol. The lowest BCUT2D eigenvalue weighted by atomic mass is 9.55. The minimum absolute atomic E-state index is 0.0112. The predicted octanol–water partition coefficient (Wildman–Crippen LogP) is 11.2. The van der Waals surface area contributed by atoms with Crippen molar-refractivity contribution in [3.8, 4) is 17.2 Å². The van der Waals surface area contributed by atoms with Gasteiger partial charge in [0.15, 0.2) is 0 Å². The second kappa shape index (κ2) is 22.7. The van der Waals surface area contributed by atoms with E-state index in [1.165, 1.54) is 0 Å². The largest absolute Gasteiger partial charge is 0.459 e. The molecule has 350 valence electrons. The Bertz CT molecular complexity index is 2540. The molecule has 5 aromatic rings. The third kappa shape index (κ3) is 10.6. The molecule has 12 heteroatoms. The van der Waals surface area contributed by atoms with Gasteiger partial charge in [-0.2, -0.15) is 0 Å².